The van der Waals surface area contributed by atoms with Crippen molar-refractivity contribution in [1.29, 1.82) is 0 Å². The van der Waals surface area contributed by atoms with Crippen molar-refractivity contribution in [3.05, 3.63) is 29.8 Å². The van der Waals surface area contributed by atoms with Crippen LogP contribution in [0.1, 0.15) is 19.3 Å². The maximum Gasteiger partial charge on any atom is 0.128 e. The summed E-state index contributed by atoms with van der Waals surface area (Å²) in [6, 6.07) is 4.67. The van der Waals surface area contributed by atoms with Crippen molar-refractivity contribution >= 4 is 5.69 Å². The molecule has 1 saturated carbocycles. The van der Waals surface area contributed by atoms with Crippen LogP contribution in [0.15, 0.2) is 18.2 Å². The Morgan fingerprint density at radius 3 is 2.65 bits per heavy atom. The number of nitrogens with zero attached hydrogens (tertiary/aromatic N) is 1. The summed E-state index contributed by atoms with van der Waals surface area (Å²) in [5, 5.41) is 3.48. The van der Waals surface area contributed by atoms with Crippen molar-refractivity contribution in [2.24, 2.45) is 0 Å². The number of anilines is 1. The lowest BCUT2D eigenvalue weighted by Gasteiger charge is -2.40. The molecule has 4 heteroatoms. The highest BCUT2D eigenvalue weighted by atomic mass is 19.1. The molecule has 1 aliphatic heterocycles. The van der Waals surface area contributed by atoms with Crippen molar-refractivity contribution in [2.75, 3.05) is 18.0 Å². The van der Waals surface area contributed by atoms with E-state index in [0.29, 0.717) is 17.8 Å². The van der Waals surface area contributed by atoms with Crippen LogP contribution in [0, 0.1) is 11.6 Å². The minimum Gasteiger partial charge on any atom is -0.366 e. The fourth-order valence-corrected chi connectivity index (χ4v) is 3.11. The Balaban J connectivity index is 1.91. The van der Waals surface area contributed by atoms with Crippen LogP contribution in [0.5, 0.6) is 0 Å². The average molecular weight is 238 g/mol. The van der Waals surface area contributed by atoms with Gasteiger partial charge in [0.25, 0.3) is 0 Å². The lowest BCUT2D eigenvalue weighted by atomic mass is 10.1. The predicted molar refractivity (Wildman–Crippen MR) is 63.1 cm³/mol. The average Bonchev–Trinajstić information content (AvgIpc) is 2.75. The molecule has 2 fully saturated rings. The Morgan fingerprint density at radius 2 is 1.88 bits per heavy atom. The molecule has 1 saturated heterocycles. The van der Waals surface area contributed by atoms with Crippen LogP contribution >= 0.6 is 0 Å². The van der Waals surface area contributed by atoms with E-state index < -0.39 is 11.6 Å². The standard InChI is InChI=1S/C13H16F2N2/c14-9-6-10(15)8-11(7-9)17-5-4-16-12-2-1-3-13(12)17/h6-8,12-13,16H,1-5H2/t12-,13+/m0/s1. The molecular formula is C13H16F2N2. The summed E-state index contributed by atoms with van der Waals surface area (Å²) in [5.41, 5.74) is 0.681. The van der Waals surface area contributed by atoms with E-state index in [0.717, 1.165) is 25.6 Å². The molecule has 0 amide bonds. The summed E-state index contributed by atoms with van der Waals surface area (Å²) in [6.45, 7) is 1.71. The molecule has 1 N–H and O–H groups in total. The number of nitrogens with one attached hydrogen (secondary N) is 1. The number of halogens is 2. The van der Waals surface area contributed by atoms with Gasteiger partial charge in [-0.1, -0.05) is 0 Å². The topological polar surface area (TPSA) is 15.3 Å². The Bertz CT molecular complexity index is 402. The highest BCUT2D eigenvalue weighted by Gasteiger charge is 2.35. The van der Waals surface area contributed by atoms with Crippen molar-refractivity contribution < 1.29 is 8.78 Å². The van der Waals surface area contributed by atoms with Gasteiger partial charge in [-0.2, -0.15) is 0 Å². The van der Waals surface area contributed by atoms with Crippen LogP contribution in [0.2, 0.25) is 0 Å². The van der Waals surface area contributed by atoms with Gasteiger partial charge in [-0.3, -0.25) is 0 Å². The summed E-state index contributed by atoms with van der Waals surface area (Å²) in [4.78, 5) is 2.15. The third-order valence-electron chi connectivity index (χ3n) is 3.82. The van der Waals surface area contributed by atoms with E-state index in [1.807, 2.05) is 0 Å². The molecule has 2 atom stereocenters. The first-order valence-corrected chi connectivity index (χ1v) is 6.20. The Hall–Kier alpha value is -1.16. The minimum atomic E-state index is -0.493. The first-order valence-electron chi connectivity index (χ1n) is 6.20. The molecule has 1 aromatic carbocycles. The second kappa shape index (κ2) is 4.26. The fraction of sp³-hybridized carbons (Fsp3) is 0.538. The van der Waals surface area contributed by atoms with E-state index in [1.54, 1.807) is 0 Å². The molecule has 0 spiro atoms. The third-order valence-corrected chi connectivity index (χ3v) is 3.82. The number of piperazine rings is 1. The molecular weight excluding hydrogens is 222 g/mol. The van der Waals surface area contributed by atoms with Gasteiger partial charge in [0.15, 0.2) is 0 Å². The number of rotatable bonds is 1. The van der Waals surface area contributed by atoms with Gasteiger partial charge in [-0.15, -0.1) is 0 Å². The van der Waals surface area contributed by atoms with Crippen LogP contribution in [-0.4, -0.2) is 25.2 Å². The Morgan fingerprint density at radius 1 is 1.12 bits per heavy atom. The van der Waals surface area contributed by atoms with Crippen LogP contribution in [-0.2, 0) is 0 Å². The molecule has 0 unspecified atom stereocenters. The number of hydrogen-bond acceptors (Lipinski definition) is 2. The molecule has 0 radical (unpaired) electrons. The summed E-state index contributed by atoms with van der Waals surface area (Å²) in [6.07, 6.45) is 3.46. The van der Waals surface area contributed by atoms with Crippen molar-refractivity contribution in [3.8, 4) is 0 Å². The van der Waals surface area contributed by atoms with E-state index in [1.165, 1.54) is 25.0 Å². The zero-order chi connectivity index (χ0) is 11.8. The predicted octanol–water partition coefficient (Wildman–Crippen LogP) is 2.30. The summed E-state index contributed by atoms with van der Waals surface area (Å²) in [7, 11) is 0. The Labute approximate surface area is 99.6 Å². The molecule has 0 aromatic heterocycles. The molecule has 3 rings (SSSR count). The quantitative estimate of drug-likeness (QED) is 0.807. The summed E-state index contributed by atoms with van der Waals surface area (Å²) < 4.78 is 26.5. The van der Waals surface area contributed by atoms with Crippen LogP contribution in [0.4, 0.5) is 14.5 Å². The van der Waals surface area contributed by atoms with E-state index in [9.17, 15) is 8.78 Å². The van der Waals surface area contributed by atoms with Gasteiger partial charge in [-0.25, -0.2) is 8.78 Å². The second-order valence-corrected chi connectivity index (χ2v) is 4.88. The highest BCUT2D eigenvalue weighted by molar-refractivity contribution is 5.49. The van der Waals surface area contributed by atoms with E-state index in [-0.39, 0.29) is 0 Å². The molecule has 1 aliphatic carbocycles. The van der Waals surface area contributed by atoms with Crippen LogP contribution in [0.3, 0.4) is 0 Å². The zero-order valence-corrected chi connectivity index (χ0v) is 9.63. The van der Waals surface area contributed by atoms with Crippen molar-refractivity contribution in [2.45, 2.75) is 31.3 Å². The number of hydrogen-bond donors (Lipinski definition) is 1. The number of fused-ring (bicyclic) bond motifs is 1. The molecule has 2 aliphatic rings. The van der Waals surface area contributed by atoms with E-state index >= 15 is 0 Å². The first-order chi connectivity index (χ1) is 8.24. The summed E-state index contributed by atoms with van der Waals surface area (Å²) >= 11 is 0. The molecule has 1 heterocycles. The fourth-order valence-electron chi connectivity index (χ4n) is 3.11. The molecule has 92 valence electrons. The lowest BCUT2D eigenvalue weighted by Crippen LogP contribution is -2.55. The van der Waals surface area contributed by atoms with Crippen LogP contribution < -0.4 is 10.2 Å². The smallest absolute Gasteiger partial charge is 0.128 e. The van der Waals surface area contributed by atoms with Gasteiger partial charge >= 0.3 is 0 Å². The third kappa shape index (κ3) is 2.02. The molecule has 0 bridgehead atoms. The molecule has 17 heavy (non-hydrogen) atoms. The second-order valence-electron chi connectivity index (χ2n) is 4.88. The van der Waals surface area contributed by atoms with Gasteiger partial charge in [0.1, 0.15) is 11.6 Å². The Kier molecular flexibility index (Phi) is 2.74. The summed E-state index contributed by atoms with van der Waals surface area (Å²) in [5.74, 6) is -0.985. The molecule has 1 aromatic rings. The van der Waals surface area contributed by atoms with Crippen LogP contribution in [0.25, 0.3) is 0 Å². The maximum atomic E-state index is 13.2. The largest absolute Gasteiger partial charge is 0.366 e. The van der Waals surface area contributed by atoms with Gasteiger partial charge in [0.05, 0.1) is 0 Å². The van der Waals surface area contributed by atoms with Gasteiger partial charge < -0.3 is 10.2 Å². The van der Waals surface area contributed by atoms with Crippen molar-refractivity contribution in [3.63, 3.8) is 0 Å². The normalized spacial score (nSPS) is 28.2. The molecule has 2 nitrogen and oxygen atoms in total. The van der Waals surface area contributed by atoms with Gasteiger partial charge in [0.2, 0.25) is 0 Å². The SMILES string of the molecule is Fc1cc(F)cc(N2CCN[C@H]3CCC[C@H]32)c1. The maximum absolute atomic E-state index is 13.2. The first kappa shape index (κ1) is 11.0. The van der Waals surface area contributed by atoms with E-state index in [4.69, 9.17) is 0 Å². The minimum absolute atomic E-state index is 0.393. The highest BCUT2D eigenvalue weighted by Crippen LogP contribution is 2.31. The van der Waals surface area contributed by atoms with Gasteiger partial charge in [0, 0.05) is 36.9 Å². The van der Waals surface area contributed by atoms with E-state index in [2.05, 4.69) is 10.2 Å². The zero-order valence-electron chi connectivity index (χ0n) is 9.63. The lowest BCUT2D eigenvalue weighted by molar-refractivity contribution is 0.403. The monoisotopic (exact) mass is 238 g/mol. The van der Waals surface area contributed by atoms with Gasteiger partial charge in [-0.05, 0) is 31.4 Å². The number of benzene rings is 1. The van der Waals surface area contributed by atoms with Crippen molar-refractivity contribution in [1.82, 2.24) is 5.32 Å².